The summed E-state index contributed by atoms with van der Waals surface area (Å²) in [7, 11) is 1.73. The van der Waals surface area contributed by atoms with Crippen LogP contribution in [0.15, 0.2) is 30.5 Å². The second-order valence-corrected chi connectivity index (χ2v) is 4.22. The van der Waals surface area contributed by atoms with Crippen molar-refractivity contribution in [1.82, 2.24) is 4.57 Å². The monoisotopic (exact) mass is 233 g/mol. The molecule has 0 fully saturated rings. The highest BCUT2D eigenvalue weighted by molar-refractivity contribution is 5.83. The summed E-state index contributed by atoms with van der Waals surface area (Å²) in [5.41, 5.74) is 2.16. The van der Waals surface area contributed by atoms with Crippen LogP contribution in [0, 0.1) is 0 Å². The van der Waals surface area contributed by atoms with Gasteiger partial charge in [0, 0.05) is 32.0 Å². The van der Waals surface area contributed by atoms with Crippen LogP contribution >= 0.6 is 0 Å². The SMILES string of the molecule is COCCCCn1ccc2cccc(CO)c21. The molecule has 1 aromatic heterocycles. The van der Waals surface area contributed by atoms with Crippen LogP contribution in [-0.2, 0) is 17.9 Å². The summed E-state index contributed by atoms with van der Waals surface area (Å²) in [5, 5.41) is 10.6. The number of nitrogens with zero attached hydrogens (tertiary/aromatic N) is 1. The van der Waals surface area contributed by atoms with Crippen molar-refractivity contribution in [2.75, 3.05) is 13.7 Å². The van der Waals surface area contributed by atoms with Gasteiger partial charge in [0.05, 0.1) is 12.1 Å². The van der Waals surface area contributed by atoms with Crippen molar-refractivity contribution in [3.63, 3.8) is 0 Å². The molecular weight excluding hydrogens is 214 g/mol. The standard InChI is InChI=1S/C14H19NO2/c1-17-10-3-2-8-15-9-7-12-5-4-6-13(11-16)14(12)15/h4-7,9,16H,2-3,8,10-11H2,1H3. The van der Waals surface area contributed by atoms with Gasteiger partial charge >= 0.3 is 0 Å². The van der Waals surface area contributed by atoms with Crippen molar-refractivity contribution in [3.05, 3.63) is 36.0 Å². The van der Waals surface area contributed by atoms with Crippen LogP contribution in [0.1, 0.15) is 18.4 Å². The molecule has 2 aromatic rings. The molecule has 0 bridgehead atoms. The molecule has 0 aliphatic rings. The fourth-order valence-corrected chi connectivity index (χ4v) is 2.18. The molecule has 0 aliphatic carbocycles. The Morgan fingerprint density at radius 1 is 1.24 bits per heavy atom. The van der Waals surface area contributed by atoms with E-state index in [9.17, 15) is 5.11 Å². The smallest absolute Gasteiger partial charge is 0.0702 e. The van der Waals surface area contributed by atoms with Crippen LogP contribution in [0.5, 0.6) is 0 Å². The molecule has 0 aliphatic heterocycles. The van der Waals surface area contributed by atoms with Crippen LogP contribution in [0.4, 0.5) is 0 Å². The Balaban J connectivity index is 2.16. The van der Waals surface area contributed by atoms with Gasteiger partial charge in [-0.25, -0.2) is 0 Å². The Hall–Kier alpha value is -1.32. The predicted octanol–water partition coefficient (Wildman–Crippen LogP) is 2.56. The van der Waals surface area contributed by atoms with E-state index < -0.39 is 0 Å². The molecule has 2 rings (SSSR count). The Labute approximate surface area is 102 Å². The summed E-state index contributed by atoms with van der Waals surface area (Å²) in [6.07, 6.45) is 4.26. The van der Waals surface area contributed by atoms with E-state index in [1.807, 2.05) is 12.1 Å². The lowest BCUT2D eigenvalue weighted by molar-refractivity contribution is 0.191. The molecule has 1 heterocycles. The summed E-state index contributed by atoms with van der Waals surface area (Å²) in [5.74, 6) is 0. The van der Waals surface area contributed by atoms with E-state index in [1.165, 1.54) is 5.39 Å². The van der Waals surface area contributed by atoms with Crippen molar-refractivity contribution >= 4 is 10.9 Å². The average molecular weight is 233 g/mol. The lowest BCUT2D eigenvalue weighted by atomic mass is 10.1. The number of unbranched alkanes of at least 4 members (excludes halogenated alkanes) is 1. The number of hydrogen-bond acceptors (Lipinski definition) is 2. The molecule has 0 radical (unpaired) electrons. The summed E-state index contributed by atoms with van der Waals surface area (Å²) < 4.78 is 7.26. The average Bonchev–Trinajstić information content (AvgIpc) is 2.78. The molecule has 0 amide bonds. The second kappa shape index (κ2) is 5.84. The highest BCUT2D eigenvalue weighted by Crippen LogP contribution is 2.20. The number of fused-ring (bicyclic) bond motifs is 1. The van der Waals surface area contributed by atoms with Gasteiger partial charge in [0.25, 0.3) is 0 Å². The number of aromatic nitrogens is 1. The second-order valence-electron chi connectivity index (χ2n) is 4.22. The van der Waals surface area contributed by atoms with Crippen LogP contribution in [0.2, 0.25) is 0 Å². The number of para-hydroxylation sites is 1. The van der Waals surface area contributed by atoms with Gasteiger partial charge in [0.1, 0.15) is 0 Å². The zero-order valence-electron chi connectivity index (χ0n) is 10.2. The zero-order chi connectivity index (χ0) is 12.1. The first-order valence-corrected chi connectivity index (χ1v) is 6.03. The highest BCUT2D eigenvalue weighted by atomic mass is 16.5. The Bertz CT molecular complexity index is 476. The van der Waals surface area contributed by atoms with Gasteiger partial charge in [-0.05, 0) is 24.3 Å². The molecule has 0 atom stereocenters. The fourth-order valence-electron chi connectivity index (χ4n) is 2.18. The third-order valence-electron chi connectivity index (χ3n) is 3.04. The zero-order valence-corrected chi connectivity index (χ0v) is 10.2. The van der Waals surface area contributed by atoms with E-state index in [2.05, 4.69) is 22.9 Å². The van der Waals surface area contributed by atoms with Crippen LogP contribution in [-0.4, -0.2) is 23.4 Å². The number of aliphatic hydroxyl groups excluding tert-OH is 1. The maximum Gasteiger partial charge on any atom is 0.0702 e. The van der Waals surface area contributed by atoms with Crippen molar-refractivity contribution in [1.29, 1.82) is 0 Å². The molecule has 3 nitrogen and oxygen atoms in total. The maximum absolute atomic E-state index is 9.35. The van der Waals surface area contributed by atoms with E-state index >= 15 is 0 Å². The highest BCUT2D eigenvalue weighted by Gasteiger charge is 2.05. The molecule has 92 valence electrons. The van der Waals surface area contributed by atoms with E-state index in [4.69, 9.17) is 4.74 Å². The van der Waals surface area contributed by atoms with E-state index in [0.29, 0.717) is 0 Å². The van der Waals surface area contributed by atoms with Crippen LogP contribution in [0.25, 0.3) is 10.9 Å². The Morgan fingerprint density at radius 2 is 2.12 bits per heavy atom. The fraction of sp³-hybridized carbons (Fsp3) is 0.429. The van der Waals surface area contributed by atoms with Gasteiger partial charge in [-0.3, -0.25) is 0 Å². The third-order valence-corrected chi connectivity index (χ3v) is 3.04. The third kappa shape index (κ3) is 2.68. The van der Waals surface area contributed by atoms with Gasteiger partial charge in [0.2, 0.25) is 0 Å². The first kappa shape index (κ1) is 12.1. The number of aliphatic hydroxyl groups is 1. The number of benzene rings is 1. The number of aryl methyl sites for hydroxylation is 1. The minimum Gasteiger partial charge on any atom is -0.392 e. The number of hydrogen-bond donors (Lipinski definition) is 1. The summed E-state index contributed by atoms with van der Waals surface area (Å²) in [6, 6.07) is 8.15. The van der Waals surface area contributed by atoms with Crippen molar-refractivity contribution < 1.29 is 9.84 Å². The Morgan fingerprint density at radius 3 is 2.88 bits per heavy atom. The van der Waals surface area contributed by atoms with Gasteiger partial charge in [-0.15, -0.1) is 0 Å². The summed E-state index contributed by atoms with van der Waals surface area (Å²) in [6.45, 7) is 1.88. The van der Waals surface area contributed by atoms with Gasteiger partial charge in [-0.1, -0.05) is 18.2 Å². The minimum atomic E-state index is 0.0967. The summed E-state index contributed by atoms with van der Waals surface area (Å²) in [4.78, 5) is 0. The first-order valence-electron chi connectivity index (χ1n) is 6.03. The lowest BCUT2D eigenvalue weighted by Gasteiger charge is -2.08. The van der Waals surface area contributed by atoms with Crippen LogP contribution < -0.4 is 0 Å². The number of rotatable bonds is 6. The maximum atomic E-state index is 9.35. The molecule has 0 spiro atoms. The first-order chi connectivity index (χ1) is 8.36. The van der Waals surface area contributed by atoms with E-state index in [-0.39, 0.29) is 6.61 Å². The summed E-state index contributed by atoms with van der Waals surface area (Å²) >= 11 is 0. The molecule has 1 aromatic carbocycles. The van der Waals surface area contributed by atoms with Crippen LogP contribution in [0.3, 0.4) is 0 Å². The molecule has 0 unspecified atom stereocenters. The molecular formula is C14H19NO2. The molecule has 3 heteroatoms. The molecule has 0 saturated heterocycles. The topological polar surface area (TPSA) is 34.4 Å². The minimum absolute atomic E-state index is 0.0967. The number of methoxy groups -OCH3 is 1. The Kier molecular flexibility index (Phi) is 4.18. The van der Waals surface area contributed by atoms with Gasteiger partial charge in [0.15, 0.2) is 0 Å². The van der Waals surface area contributed by atoms with Crippen molar-refractivity contribution in [3.8, 4) is 0 Å². The lowest BCUT2D eigenvalue weighted by Crippen LogP contribution is -2.00. The van der Waals surface area contributed by atoms with Gasteiger partial charge < -0.3 is 14.4 Å². The molecule has 17 heavy (non-hydrogen) atoms. The predicted molar refractivity (Wildman–Crippen MR) is 69.0 cm³/mol. The van der Waals surface area contributed by atoms with Crippen molar-refractivity contribution in [2.24, 2.45) is 0 Å². The quantitative estimate of drug-likeness (QED) is 0.778. The largest absolute Gasteiger partial charge is 0.392 e. The molecule has 0 saturated carbocycles. The van der Waals surface area contributed by atoms with Gasteiger partial charge in [-0.2, -0.15) is 0 Å². The number of ether oxygens (including phenoxy) is 1. The van der Waals surface area contributed by atoms with E-state index in [1.54, 1.807) is 7.11 Å². The van der Waals surface area contributed by atoms with Crippen molar-refractivity contribution in [2.45, 2.75) is 26.0 Å². The molecule has 1 N–H and O–H groups in total. The normalized spacial score (nSPS) is 11.2. The van der Waals surface area contributed by atoms with E-state index in [0.717, 1.165) is 37.1 Å².